The summed E-state index contributed by atoms with van der Waals surface area (Å²) in [7, 11) is 1.59. The third-order valence-corrected chi connectivity index (χ3v) is 4.02. The summed E-state index contributed by atoms with van der Waals surface area (Å²) in [6, 6.07) is 16.5. The maximum absolute atomic E-state index is 12.5. The molecule has 1 aliphatic rings. The van der Waals surface area contributed by atoms with E-state index in [1.54, 1.807) is 31.4 Å². The van der Waals surface area contributed by atoms with Gasteiger partial charge in [-0.15, -0.1) is 0 Å². The van der Waals surface area contributed by atoms with E-state index in [2.05, 4.69) is 5.32 Å². The van der Waals surface area contributed by atoms with E-state index in [9.17, 15) is 9.59 Å². The summed E-state index contributed by atoms with van der Waals surface area (Å²) >= 11 is 0. The van der Waals surface area contributed by atoms with Gasteiger partial charge in [0.15, 0.2) is 0 Å². The van der Waals surface area contributed by atoms with Gasteiger partial charge in [0.25, 0.3) is 5.91 Å². The molecule has 2 aromatic rings. The van der Waals surface area contributed by atoms with Gasteiger partial charge in [-0.05, 0) is 30.5 Å². The molecule has 1 fully saturated rings. The van der Waals surface area contributed by atoms with Gasteiger partial charge in [-0.25, -0.2) is 0 Å². The zero-order valence-electron chi connectivity index (χ0n) is 14.1. The largest absolute Gasteiger partial charge is 0.497 e. The number of hydrogen-bond acceptors (Lipinski definition) is 4. The molecule has 0 aromatic heterocycles. The van der Waals surface area contributed by atoms with Crippen molar-refractivity contribution in [1.29, 1.82) is 0 Å². The summed E-state index contributed by atoms with van der Waals surface area (Å²) in [4.78, 5) is 24.8. The van der Waals surface area contributed by atoms with Gasteiger partial charge in [0.2, 0.25) is 6.10 Å². The number of rotatable bonds is 7. The third kappa shape index (κ3) is 4.83. The Kier molecular flexibility index (Phi) is 5.33. The molecule has 0 heterocycles. The number of hydrogen-bond donors (Lipinski definition) is 1. The monoisotopic (exact) mass is 339 g/mol. The average Bonchev–Trinajstić information content (AvgIpc) is 3.45. The van der Waals surface area contributed by atoms with Crippen LogP contribution in [0.2, 0.25) is 0 Å². The van der Waals surface area contributed by atoms with Crippen LogP contribution in [0.25, 0.3) is 0 Å². The molecule has 5 heteroatoms. The van der Waals surface area contributed by atoms with Gasteiger partial charge in [-0.2, -0.15) is 0 Å². The van der Waals surface area contributed by atoms with Crippen LogP contribution in [-0.4, -0.2) is 25.0 Å². The standard InChI is InChI=1S/C20H21NO4/c1-24-17-11-7-14(8-12-17)13-18(22)25-19(15-5-3-2-4-6-15)20(23)21-16-9-10-16/h2-8,11-12,16,19H,9-10,13H2,1H3,(H,21,23)/t19-/m1/s1. The van der Waals surface area contributed by atoms with Crippen molar-refractivity contribution in [2.45, 2.75) is 31.4 Å². The lowest BCUT2D eigenvalue weighted by Gasteiger charge is -2.18. The molecule has 3 rings (SSSR count). The summed E-state index contributed by atoms with van der Waals surface area (Å²) in [5.74, 6) is 0.0184. The normalized spacial score (nSPS) is 14.4. The molecule has 0 unspecified atom stereocenters. The molecule has 1 saturated carbocycles. The first kappa shape index (κ1) is 17.0. The highest BCUT2D eigenvalue weighted by Gasteiger charge is 2.30. The van der Waals surface area contributed by atoms with Crippen LogP contribution in [0.4, 0.5) is 0 Å². The SMILES string of the molecule is COc1ccc(CC(=O)O[C@@H](C(=O)NC2CC2)c2ccccc2)cc1. The van der Waals surface area contributed by atoms with E-state index in [1.807, 2.05) is 30.3 Å². The second-order valence-corrected chi connectivity index (χ2v) is 6.09. The van der Waals surface area contributed by atoms with Crippen LogP contribution in [-0.2, 0) is 20.7 Å². The lowest BCUT2D eigenvalue weighted by Crippen LogP contribution is -2.33. The van der Waals surface area contributed by atoms with Crippen molar-refractivity contribution in [2.24, 2.45) is 0 Å². The van der Waals surface area contributed by atoms with Gasteiger partial charge in [0, 0.05) is 11.6 Å². The first-order valence-corrected chi connectivity index (χ1v) is 8.33. The molecule has 0 saturated heterocycles. The van der Waals surface area contributed by atoms with Crippen LogP contribution >= 0.6 is 0 Å². The van der Waals surface area contributed by atoms with Gasteiger partial charge in [0.05, 0.1) is 13.5 Å². The van der Waals surface area contributed by atoms with Gasteiger partial charge in [-0.1, -0.05) is 42.5 Å². The molecule has 2 aromatic carbocycles. The Hall–Kier alpha value is -2.82. The average molecular weight is 339 g/mol. The van der Waals surface area contributed by atoms with Gasteiger partial charge in [-0.3, -0.25) is 9.59 Å². The van der Waals surface area contributed by atoms with Crippen LogP contribution in [0, 0.1) is 0 Å². The number of benzene rings is 2. The highest BCUT2D eigenvalue weighted by molar-refractivity contribution is 5.85. The van der Waals surface area contributed by atoms with Crippen molar-refractivity contribution in [1.82, 2.24) is 5.32 Å². The zero-order valence-corrected chi connectivity index (χ0v) is 14.1. The van der Waals surface area contributed by atoms with Crippen molar-refractivity contribution in [3.8, 4) is 5.75 Å². The number of carbonyl (C=O) groups excluding carboxylic acids is 2. The highest BCUT2D eigenvalue weighted by atomic mass is 16.5. The van der Waals surface area contributed by atoms with Crippen molar-refractivity contribution < 1.29 is 19.1 Å². The quantitative estimate of drug-likeness (QED) is 0.788. The fourth-order valence-corrected chi connectivity index (χ4v) is 2.49. The predicted molar refractivity (Wildman–Crippen MR) is 93.1 cm³/mol. The Bertz CT molecular complexity index is 723. The summed E-state index contributed by atoms with van der Waals surface area (Å²) in [6.07, 6.45) is 1.14. The minimum atomic E-state index is -0.924. The first-order chi connectivity index (χ1) is 12.2. The number of carbonyl (C=O) groups is 2. The molecule has 0 radical (unpaired) electrons. The molecule has 0 spiro atoms. The van der Waals surface area contributed by atoms with Gasteiger partial charge < -0.3 is 14.8 Å². The Morgan fingerprint density at radius 3 is 2.36 bits per heavy atom. The number of methoxy groups -OCH3 is 1. The molecule has 25 heavy (non-hydrogen) atoms. The predicted octanol–water partition coefficient (Wildman–Crippen LogP) is 2.80. The smallest absolute Gasteiger partial charge is 0.311 e. The summed E-state index contributed by atoms with van der Waals surface area (Å²) in [6.45, 7) is 0. The molecule has 1 aliphatic carbocycles. The number of esters is 1. The minimum absolute atomic E-state index is 0.101. The molecular formula is C20H21NO4. The second-order valence-electron chi connectivity index (χ2n) is 6.09. The summed E-state index contributed by atoms with van der Waals surface area (Å²) in [5.41, 5.74) is 1.48. The van der Waals surface area contributed by atoms with E-state index in [4.69, 9.17) is 9.47 Å². The zero-order chi connectivity index (χ0) is 17.6. The fraction of sp³-hybridized carbons (Fsp3) is 0.300. The highest BCUT2D eigenvalue weighted by Crippen LogP contribution is 2.23. The summed E-state index contributed by atoms with van der Waals surface area (Å²) in [5, 5.41) is 2.90. The van der Waals surface area contributed by atoms with E-state index < -0.39 is 12.1 Å². The molecule has 0 aliphatic heterocycles. The minimum Gasteiger partial charge on any atom is -0.497 e. The Labute approximate surface area is 147 Å². The lowest BCUT2D eigenvalue weighted by molar-refractivity contribution is -0.156. The van der Waals surface area contributed by atoms with Crippen LogP contribution in [0.1, 0.15) is 30.1 Å². The number of ether oxygens (including phenoxy) is 2. The molecule has 1 amide bonds. The van der Waals surface area contributed by atoms with E-state index in [1.165, 1.54) is 0 Å². The van der Waals surface area contributed by atoms with Crippen molar-refractivity contribution in [2.75, 3.05) is 7.11 Å². The molecule has 1 atom stereocenters. The van der Waals surface area contributed by atoms with Crippen molar-refractivity contribution in [3.05, 3.63) is 65.7 Å². The van der Waals surface area contributed by atoms with E-state index in [0.717, 1.165) is 24.2 Å². The van der Waals surface area contributed by atoms with E-state index in [0.29, 0.717) is 5.56 Å². The second kappa shape index (κ2) is 7.83. The molecule has 130 valence electrons. The molecule has 5 nitrogen and oxygen atoms in total. The van der Waals surface area contributed by atoms with E-state index in [-0.39, 0.29) is 18.4 Å². The van der Waals surface area contributed by atoms with Gasteiger partial charge >= 0.3 is 5.97 Å². The van der Waals surface area contributed by atoms with Crippen LogP contribution in [0.5, 0.6) is 5.75 Å². The van der Waals surface area contributed by atoms with Crippen LogP contribution in [0.3, 0.4) is 0 Å². The molecule has 1 N–H and O–H groups in total. The van der Waals surface area contributed by atoms with Crippen LogP contribution < -0.4 is 10.1 Å². The molecule has 0 bridgehead atoms. The first-order valence-electron chi connectivity index (χ1n) is 8.33. The Balaban J connectivity index is 1.67. The molecular weight excluding hydrogens is 318 g/mol. The fourth-order valence-electron chi connectivity index (χ4n) is 2.49. The lowest BCUT2D eigenvalue weighted by atomic mass is 10.1. The topological polar surface area (TPSA) is 64.6 Å². The maximum Gasteiger partial charge on any atom is 0.311 e. The van der Waals surface area contributed by atoms with Crippen molar-refractivity contribution >= 4 is 11.9 Å². The van der Waals surface area contributed by atoms with Crippen LogP contribution in [0.15, 0.2) is 54.6 Å². The Morgan fingerprint density at radius 2 is 1.76 bits per heavy atom. The maximum atomic E-state index is 12.5. The third-order valence-electron chi connectivity index (χ3n) is 4.02. The van der Waals surface area contributed by atoms with E-state index >= 15 is 0 Å². The Morgan fingerprint density at radius 1 is 1.08 bits per heavy atom. The summed E-state index contributed by atoms with van der Waals surface area (Å²) < 4.78 is 10.6. The van der Waals surface area contributed by atoms with Crippen molar-refractivity contribution in [3.63, 3.8) is 0 Å². The van der Waals surface area contributed by atoms with Gasteiger partial charge in [0.1, 0.15) is 5.75 Å². The number of amides is 1. The number of nitrogens with one attached hydrogen (secondary N) is 1.